The van der Waals surface area contributed by atoms with Gasteiger partial charge >= 0.3 is 0 Å². The van der Waals surface area contributed by atoms with Crippen LogP contribution in [0.25, 0.3) is 0 Å². The molecule has 1 atom stereocenters. The van der Waals surface area contributed by atoms with E-state index >= 15 is 0 Å². The molecule has 1 aromatic heterocycles. The molecule has 90 valence electrons. The molecule has 0 amide bonds. The number of rotatable bonds is 4. The molecule has 2 aromatic rings. The first-order valence-corrected chi connectivity index (χ1v) is 5.66. The van der Waals surface area contributed by atoms with Gasteiger partial charge in [0.25, 0.3) is 0 Å². The van der Waals surface area contributed by atoms with E-state index in [9.17, 15) is 5.11 Å². The molecule has 1 unspecified atom stereocenters. The number of halogens is 1. The van der Waals surface area contributed by atoms with Gasteiger partial charge in [0.2, 0.25) is 0 Å². The summed E-state index contributed by atoms with van der Waals surface area (Å²) in [5, 5.41) is 10.3. The molecule has 0 saturated carbocycles. The summed E-state index contributed by atoms with van der Waals surface area (Å²) in [6.07, 6.45) is -0.792. The number of para-hydroxylation sites is 1. The molecule has 1 heterocycles. The summed E-state index contributed by atoms with van der Waals surface area (Å²) in [6, 6.07) is 10.7. The number of aliphatic hydroxyl groups excluding tert-OH is 1. The van der Waals surface area contributed by atoms with Crippen LogP contribution in [0.5, 0.6) is 5.75 Å². The van der Waals surface area contributed by atoms with E-state index in [2.05, 4.69) is 0 Å². The fourth-order valence-electron chi connectivity index (χ4n) is 1.45. The molecule has 0 bridgehead atoms. The van der Waals surface area contributed by atoms with Gasteiger partial charge in [-0.15, -0.1) is 0 Å². The average Bonchev–Trinajstić information content (AvgIpc) is 2.74. The Morgan fingerprint density at radius 3 is 2.71 bits per heavy atom. The second-order valence-corrected chi connectivity index (χ2v) is 4.11. The van der Waals surface area contributed by atoms with E-state index in [1.807, 2.05) is 19.1 Å². The van der Waals surface area contributed by atoms with Crippen LogP contribution in [-0.2, 0) is 0 Å². The molecule has 2 rings (SSSR count). The lowest BCUT2D eigenvalue weighted by atomic mass is 10.3. The summed E-state index contributed by atoms with van der Waals surface area (Å²) in [6.45, 7) is 1.93. The van der Waals surface area contributed by atoms with Gasteiger partial charge in [0.1, 0.15) is 30.0 Å². The summed E-state index contributed by atoms with van der Waals surface area (Å²) in [5.74, 6) is 1.81. The zero-order valence-corrected chi connectivity index (χ0v) is 10.1. The Balaban J connectivity index is 1.97. The maximum Gasteiger partial charge on any atom is 0.145 e. The minimum Gasteiger partial charge on any atom is -0.489 e. The standard InChI is InChI=1S/C13H13ClO3/c1-9-6-7-13(17-9)11(15)8-16-12-5-3-2-4-10(12)14/h2-7,11,15H,8H2,1H3. The van der Waals surface area contributed by atoms with Crippen LogP contribution < -0.4 is 4.74 Å². The van der Waals surface area contributed by atoms with Gasteiger partial charge in [0, 0.05) is 0 Å². The van der Waals surface area contributed by atoms with Crippen molar-refractivity contribution in [1.29, 1.82) is 0 Å². The third-order valence-corrected chi connectivity index (χ3v) is 2.64. The third-order valence-electron chi connectivity index (χ3n) is 2.32. The predicted octanol–water partition coefficient (Wildman–Crippen LogP) is 3.35. The number of aryl methyl sites for hydroxylation is 1. The summed E-state index contributed by atoms with van der Waals surface area (Å²) in [5.41, 5.74) is 0. The van der Waals surface area contributed by atoms with E-state index in [0.717, 1.165) is 5.76 Å². The second-order valence-electron chi connectivity index (χ2n) is 3.71. The number of hydrogen-bond acceptors (Lipinski definition) is 3. The van der Waals surface area contributed by atoms with Crippen molar-refractivity contribution >= 4 is 11.6 Å². The summed E-state index contributed by atoms with van der Waals surface area (Å²) < 4.78 is 10.7. The first-order chi connectivity index (χ1) is 8.16. The van der Waals surface area contributed by atoms with Crippen molar-refractivity contribution in [2.45, 2.75) is 13.0 Å². The van der Waals surface area contributed by atoms with Gasteiger partial charge in [-0.25, -0.2) is 0 Å². The fraction of sp³-hybridized carbons (Fsp3) is 0.231. The van der Waals surface area contributed by atoms with Crippen molar-refractivity contribution < 1.29 is 14.3 Å². The van der Waals surface area contributed by atoms with E-state index in [1.54, 1.807) is 24.3 Å². The first kappa shape index (κ1) is 12.0. The molecule has 0 spiro atoms. The Labute approximate surface area is 105 Å². The van der Waals surface area contributed by atoms with Crippen LogP contribution in [0.1, 0.15) is 17.6 Å². The molecule has 1 aromatic carbocycles. The van der Waals surface area contributed by atoms with Gasteiger partial charge in [0.05, 0.1) is 5.02 Å². The van der Waals surface area contributed by atoms with Crippen LogP contribution in [0.15, 0.2) is 40.8 Å². The SMILES string of the molecule is Cc1ccc(C(O)COc2ccccc2Cl)o1. The molecular weight excluding hydrogens is 240 g/mol. The topological polar surface area (TPSA) is 42.6 Å². The molecule has 17 heavy (non-hydrogen) atoms. The Morgan fingerprint density at radius 1 is 1.29 bits per heavy atom. The molecule has 0 saturated heterocycles. The van der Waals surface area contributed by atoms with Crippen molar-refractivity contribution in [3.63, 3.8) is 0 Å². The lowest BCUT2D eigenvalue weighted by Gasteiger charge is -2.11. The summed E-state index contributed by atoms with van der Waals surface area (Å²) >= 11 is 5.93. The van der Waals surface area contributed by atoms with E-state index in [4.69, 9.17) is 20.8 Å². The fourth-order valence-corrected chi connectivity index (χ4v) is 1.64. The van der Waals surface area contributed by atoms with Crippen molar-refractivity contribution in [3.8, 4) is 5.75 Å². The van der Waals surface area contributed by atoms with E-state index < -0.39 is 6.10 Å². The van der Waals surface area contributed by atoms with Crippen molar-refractivity contribution in [3.05, 3.63) is 52.9 Å². The number of benzene rings is 1. The third kappa shape index (κ3) is 3.02. The van der Waals surface area contributed by atoms with Gasteiger partial charge in [-0.3, -0.25) is 0 Å². The molecule has 0 aliphatic heterocycles. The second kappa shape index (κ2) is 5.25. The van der Waals surface area contributed by atoms with E-state index in [1.165, 1.54) is 0 Å². The minimum absolute atomic E-state index is 0.108. The summed E-state index contributed by atoms with van der Waals surface area (Å²) in [7, 11) is 0. The quantitative estimate of drug-likeness (QED) is 0.907. The Kier molecular flexibility index (Phi) is 3.71. The van der Waals surface area contributed by atoms with Gasteiger partial charge in [-0.05, 0) is 31.2 Å². The molecule has 0 aliphatic rings. The normalized spacial score (nSPS) is 12.4. The Bertz CT molecular complexity index is 493. The van der Waals surface area contributed by atoms with Crippen LogP contribution in [-0.4, -0.2) is 11.7 Å². The average molecular weight is 253 g/mol. The maximum atomic E-state index is 9.82. The maximum absolute atomic E-state index is 9.82. The van der Waals surface area contributed by atoms with Crippen LogP contribution >= 0.6 is 11.6 Å². The molecule has 4 heteroatoms. The highest BCUT2D eigenvalue weighted by Crippen LogP contribution is 2.25. The number of furan rings is 1. The zero-order chi connectivity index (χ0) is 12.3. The largest absolute Gasteiger partial charge is 0.489 e. The van der Waals surface area contributed by atoms with E-state index in [0.29, 0.717) is 16.5 Å². The highest BCUT2D eigenvalue weighted by molar-refractivity contribution is 6.32. The number of ether oxygens (including phenoxy) is 1. The molecule has 3 nitrogen and oxygen atoms in total. The van der Waals surface area contributed by atoms with Crippen LogP contribution in [0, 0.1) is 6.92 Å². The lowest BCUT2D eigenvalue weighted by molar-refractivity contribution is 0.0881. The highest BCUT2D eigenvalue weighted by Gasteiger charge is 2.13. The summed E-state index contributed by atoms with van der Waals surface area (Å²) in [4.78, 5) is 0. The van der Waals surface area contributed by atoms with Crippen molar-refractivity contribution in [1.82, 2.24) is 0 Å². The predicted molar refractivity (Wildman–Crippen MR) is 65.4 cm³/mol. The van der Waals surface area contributed by atoms with Crippen LogP contribution in [0.2, 0.25) is 5.02 Å². The monoisotopic (exact) mass is 252 g/mol. The highest BCUT2D eigenvalue weighted by atomic mass is 35.5. The smallest absolute Gasteiger partial charge is 0.145 e. The Hall–Kier alpha value is -1.45. The van der Waals surface area contributed by atoms with E-state index in [-0.39, 0.29) is 6.61 Å². The van der Waals surface area contributed by atoms with Crippen molar-refractivity contribution in [2.24, 2.45) is 0 Å². The molecule has 0 radical (unpaired) electrons. The molecule has 0 fully saturated rings. The number of aliphatic hydroxyl groups is 1. The zero-order valence-electron chi connectivity index (χ0n) is 9.39. The van der Waals surface area contributed by atoms with Gasteiger partial charge in [0.15, 0.2) is 0 Å². The Morgan fingerprint density at radius 2 is 2.06 bits per heavy atom. The van der Waals surface area contributed by atoms with Gasteiger partial charge in [-0.1, -0.05) is 23.7 Å². The molecule has 1 N–H and O–H groups in total. The van der Waals surface area contributed by atoms with Crippen LogP contribution in [0.4, 0.5) is 0 Å². The lowest BCUT2D eigenvalue weighted by Crippen LogP contribution is -2.09. The first-order valence-electron chi connectivity index (χ1n) is 5.28. The van der Waals surface area contributed by atoms with Crippen LogP contribution in [0.3, 0.4) is 0 Å². The number of hydrogen-bond donors (Lipinski definition) is 1. The molecule has 0 aliphatic carbocycles. The van der Waals surface area contributed by atoms with Gasteiger partial charge in [-0.2, -0.15) is 0 Å². The minimum atomic E-state index is -0.792. The van der Waals surface area contributed by atoms with Crippen molar-refractivity contribution in [2.75, 3.05) is 6.61 Å². The van der Waals surface area contributed by atoms with Gasteiger partial charge < -0.3 is 14.3 Å². The molecular formula is C13H13ClO3.